The fourth-order valence-corrected chi connectivity index (χ4v) is 2.69. The Morgan fingerprint density at radius 3 is 3.12 bits per heavy atom. The van der Waals surface area contributed by atoms with Crippen molar-refractivity contribution in [2.45, 2.75) is 12.5 Å². The number of nitrogens with zero attached hydrogens (tertiary/aromatic N) is 3. The Bertz CT molecular complexity index is 950. The first-order valence-corrected chi connectivity index (χ1v) is 7.44. The number of carbonyl (C=O) groups excluding carboxylic acids is 2. The molecule has 10 heteroatoms. The SMILES string of the molecule is O=C(NC1CCOC1=O)c1nc(-c2cnc3[nH]ccc3c2Cl)no1. The second-order valence-electron chi connectivity index (χ2n) is 5.13. The van der Waals surface area contributed by atoms with Crippen LogP contribution in [0.15, 0.2) is 23.0 Å². The van der Waals surface area contributed by atoms with Crippen molar-refractivity contribution in [1.29, 1.82) is 0 Å². The lowest BCUT2D eigenvalue weighted by molar-refractivity contribution is -0.139. The molecule has 1 aliphatic rings. The number of aromatic amines is 1. The van der Waals surface area contributed by atoms with E-state index in [1.807, 2.05) is 0 Å². The summed E-state index contributed by atoms with van der Waals surface area (Å²) < 4.78 is 9.73. The van der Waals surface area contributed by atoms with Crippen LogP contribution in [-0.2, 0) is 9.53 Å². The maximum Gasteiger partial charge on any atom is 0.328 e. The fourth-order valence-electron chi connectivity index (χ4n) is 2.40. The first-order valence-electron chi connectivity index (χ1n) is 7.06. The second kappa shape index (κ2) is 5.60. The number of rotatable bonds is 3. The van der Waals surface area contributed by atoms with Crippen molar-refractivity contribution in [2.75, 3.05) is 6.61 Å². The quantitative estimate of drug-likeness (QED) is 0.684. The van der Waals surface area contributed by atoms with E-state index in [-0.39, 0.29) is 18.3 Å². The average molecular weight is 348 g/mol. The van der Waals surface area contributed by atoms with E-state index < -0.39 is 17.9 Å². The number of halogens is 1. The highest BCUT2D eigenvalue weighted by Gasteiger charge is 2.30. The summed E-state index contributed by atoms with van der Waals surface area (Å²) in [6, 6.07) is 1.07. The molecule has 122 valence electrons. The third kappa shape index (κ3) is 2.38. The predicted octanol–water partition coefficient (Wildman–Crippen LogP) is 1.31. The van der Waals surface area contributed by atoms with Crippen molar-refractivity contribution in [1.82, 2.24) is 25.4 Å². The minimum atomic E-state index is -0.700. The Kier molecular flexibility index (Phi) is 3.42. The molecule has 3 aromatic heterocycles. The molecule has 2 N–H and O–H groups in total. The van der Waals surface area contributed by atoms with Gasteiger partial charge in [-0.05, 0) is 6.07 Å². The standard InChI is InChI=1S/C14H10ClN5O4/c15-9-6-1-3-16-10(6)17-5-7(9)11-19-13(24-20-11)12(21)18-8-2-4-23-14(8)22/h1,3,5,8H,2,4H2,(H,16,17)(H,18,21). The van der Waals surface area contributed by atoms with Gasteiger partial charge in [-0.2, -0.15) is 4.98 Å². The molecule has 1 atom stereocenters. The molecule has 4 rings (SSSR count). The zero-order valence-corrected chi connectivity index (χ0v) is 12.8. The lowest BCUT2D eigenvalue weighted by Gasteiger charge is -2.05. The Balaban J connectivity index is 1.60. The van der Waals surface area contributed by atoms with Crippen LogP contribution in [0.4, 0.5) is 0 Å². The van der Waals surface area contributed by atoms with E-state index in [0.717, 1.165) is 0 Å². The van der Waals surface area contributed by atoms with Crippen molar-refractivity contribution in [3.8, 4) is 11.4 Å². The molecule has 1 aliphatic heterocycles. The summed E-state index contributed by atoms with van der Waals surface area (Å²) in [7, 11) is 0. The molecule has 1 fully saturated rings. The number of hydrogen-bond acceptors (Lipinski definition) is 7. The summed E-state index contributed by atoms with van der Waals surface area (Å²) in [5, 5.41) is 7.35. The van der Waals surface area contributed by atoms with Crippen LogP contribution < -0.4 is 5.32 Å². The molecule has 0 radical (unpaired) electrons. The van der Waals surface area contributed by atoms with Gasteiger partial charge in [-0.3, -0.25) is 4.79 Å². The van der Waals surface area contributed by atoms with Gasteiger partial charge in [0.2, 0.25) is 5.82 Å². The normalized spacial score (nSPS) is 17.2. The highest BCUT2D eigenvalue weighted by atomic mass is 35.5. The van der Waals surface area contributed by atoms with Gasteiger partial charge in [0.05, 0.1) is 17.2 Å². The van der Waals surface area contributed by atoms with E-state index in [9.17, 15) is 9.59 Å². The van der Waals surface area contributed by atoms with Crippen LogP contribution in [0, 0.1) is 0 Å². The van der Waals surface area contributed by atoms with Gasteiger partial charge in [-0.1, -0.05) is 16.8 Å². The largest absolute Gasteiger partial charge is 0.464 e. The molecule has 0 aliphatic carbocycles. The number of aromatic nitrogens is 4. The molecule has 4 heterocycles. The van der Waals surface area contributed by atoms with E-state index in [1.165, 1.54) is 6.20 Å². The van der Waals surface area contributed by atoms with Gasteiger partial charge in [0.1, 0.15) is 11.7 Å². The average Bonchev–Trinajstić information content (AvgIpc) is 3.29. The van der Waals surface area contributed by atoms with Crippen LogP contribution in [0.5, 0.6) is 0 Å². The Labute approximate surface area is 139 Å². The van der Waals surface area contributed by atoms with Crippen LogP contribution in [0.3, 0.4) is 0 Å². The van der Waals surface area contributed by atoms with Gasteiger partial charge >= 0.3 is 17.8 Å². The summed E-state index contributed by atoms with van der Waals surface area (Å²) in [6.07, 6.45) is 3.61. The summed E-state index contributed by atoms with van der Waals surface area (Å²) in [5.74, 6) is -1.26. The number of pyridine rings is 1. The summed E-state index contributed by atoms with van der Waals surface area (Å²) in [4.78, 5) is 34.6. The van der Waals surface area contributed by atoms with Crippen molar-refractivity contribution >= 4 is 34.5 Å². The van der Waals surface area contributed by atoms with Crippen LogP contribution in [0.25, 0.3) is 22.4 Å². The highest BCUT2D eigenvalue weighted by molar-refractivity contribution is 6.37. The number of esters is 1. The zero-order valence-electron chi connectivity index (χ0n) is 12.1. The van der Waals surface area contributed by atoms with Crippen LogP contribution in [-0.4, -0.2) is 44.6 Å². The van der Waals surface area contributed by atoms with Crippen LogP contribution in [0.1, 0.15) is 17.1 Å². The molecular formula is C14H10ClN5O4. The van der Waals surface area contributed by atoms with Crippen molar-refractivity contribution in [3.05, 3.63) is 29.4 Å². The van der Waals surface area contributed by atoms with Crippen molar-refractivity contribution < 1.29 is 18.8 Å². The number of ether oxygens (including phenoxy) is 1. The fraction of sp³-hybridized carbons (Fsp3) is 0.214. The van der Waals surface area contributed by atoms with Gasteiger partial charge in [0.15, 0.2) is 0 Å². The Hall–Kier alpha value is -2.94. The maximum atomic E-state index is 12.1. The van der Waals surface area contributed by atoms with Crippen LogP contribution in [0.2, 0.25) is 5.02 Å². The molecular weight excluding hydrogens is 338 g/mol. The lowest BCUT2D eigenvalue weighted by Crippen LogP contribution is -2.38. The molecule has 1 unspecified atom stereocenters. The van der Waals surface area contributed by atoms with E-state index in [4.69, 9.17) is 20.9 Å². The topological polar surface area (TPSA) is 123 Å². The lowest BCUT2D eigenvalue weighted by atomic mass is 10.2. The number of amides is 1. The third-order valence-corrected chi connectivity index (χ3v) is 4.03. The van der Waals surface area contributed by atoms with E-state index >= 15 is 0 Å². The predicted molar refractivity (Wildman–Crippen MR) is 81.2 cm³/mol. The van der Waals surface area contributed by atoms with E-state index in [0.29, 0.717) is 28.0 Å². The molecule has 24 heavy (non-hydrogen) atoms. The minimum Gasteiger partial charge on any atom is -0.464 e. The maximum absolute atomic E-state index is 12.1. The van der Waals surface area contributed by atoms with Crippen LogP contribution >= 0.6 is 11.6 Å². The second-order valence-corrected chi connectivity index (χ2v) is 5.51. The van der Waals surface area contributed by atoms with Gasteiger partial charge in [-0.25, -0.2) is 9.78 Å². The smallest absolute Gasteiger partial charge is 0.328 e. The monoisotopic (exact) mass is 347 g/mol. The molecule has 0 spiro atoms. The van der Waals surface area contributed by atoms with Gasteiger partial charge in [0, 0.05) is 24.2 Å². The minimum absolute atomic E-state index is 0.134. The summed E-state index contributed by atoms with van der Waals surface area (Å²) >= 11 is 6.32. The number of cyclic esters (lactones) is 1. The van der Waals surface area contributed by atoms with Gasteiger partial charge in [-0.15, -0.1) is 0 Å². The number of hydrogen-bond donors (Lipinski definition) is 2. The molecule has 0 saturated carbocycles. The number of carbonyl (C=O) groups is 2. The molecule has 1 saturated heterocycles. The molecule has 3 aromatic rings. The molecule has 0 aromatic carbocycles. The van der Waals surface area contributed by atoms with Crippen molar-refractivity contribution in [3.63, 3.8) is 0 Å². The number of nitrogens with one attached hydrogen (secondary N) is 2. The molecule has 1 amide bonds. The first-order chi connectivity index (χ1) is 11.6. The van der Waals surface area contributed by atoms with Crippen molar-refractivity contribution in [2.24, 2.45) is 0 Å². The molecule has 9 nitrogen and oxygen atoms in total. The summed E-state index contributed by atoms with van der Waals surface area (Å²) in [5.41, 5.74) is 1.07. The zero-order chi connectivity index (χ0) is 16.7. The molecule has 0 bridgehead atoms. The summed E-state index contributed by atoms with van der Waals surface area (Å²) in [6.45, 7) is 0.275. The Morgan fingerprint density at radius 2 is 2.33 bits per heavy atom. The van der Waals surface area contributed by atoms with E-state index in [2.05, 4.69) is 25.4 Å². The van der Waals surface area contributed by atoms with Gasteiger partial charge in [0.25, 0.3) is 0 Å². The van der Waals surface area contributed by atoms with Gasteiger partial charge < -0.3 is 19.6 Å². The number of H-pyrrole nitrogens is 1. The first kappa shape index (κ1) is 14.6. The number of fused-ring (bicyclic) bond motifs is 1. The Morgan fingerprint density at radius 1 is 1.46 bits per heavy atom. The third-order valence-electron chi connectivity index (χ3n) is 3.62. The highest BCUT2D eigenvalue weighted by Crippen LogP contribution is 2.31. The van der Waals surface area contributed by atoms with E-state index in [1.54, 1.807) is 12.3 Å².